The molecule has 1 N–H and O–H groups in total. The van der Waals surface area contributed by atoms with Gasteiger partial charge in [0.25, 0.3) is 0 Å². The zero-order valence-corrected chi connectivity index (χ0v) is 18.0. The van der Waals surface area contributed by atoms with Crippen LogP contribution in [-0.4, -0.2) is 34.4 Å². The minimum absolute atomic E-state index is 0.0995. The van der Waals surface area contributed by atoms with Gasteiger partial charge in [-0.2, -0.15) is 4.37 Å². The van der Waals surface area contributed by atoms with Crippen LogP contribution in [0.1, 0.15) is 57.5 Å². The minimum Gasteiger partial charge on any atom is -0.354 e. The summed E-state index contributed by atoms with van der Waals surface area (Å²) in [5.74, 6) is 1.44. The number of carbonyl (C=O) groups excluding carboxylic acids is 1. The second kappa shape index (κ2) is 10.4. The molecule has 27 heavy (non-hydrogen) atoms. The van der Waals surface area contributed by atoms with Gasteiger partial charge in [0.15, 0.2) is 0 Å². The van der Waals surface area contributed by atoms with Gasteiger partial charge in [-0.25, -0.2) is 4.98 Å². The second-order valence-electron chi connectivity index (χ2n) is 7.62. The number of amides is 1. The van der Waals surface area contributed by atoms with Gasteiger partial charge in [-0.1, -0.05) is 50.6 Å². The van der Waals surface area contributed by atoms with Crippen molar-refractivity contribution in [1.82, 2.24) is 14.7 Å². The summed E-state index contributed by atoms with van der Waals surface area (Å²) >= 11 is 1.43. The quantitative estimate of drug-likeness (QED) is 0.662. The van der Waals surface area contributed by atoms with E-state index in [1.165, 1.54) is 22.7 Å². The SMILES string of the molecule is CC[C@@H](C)NC(=O)CCN(CC(C)C)c1nc(Cc2ccc(C)cc2)ns1. The van der Waals surface area contributed by atoms with E-state index in [1.807, 2.05) is 6.92 Å². The highest BCUT2D eigenvalue weighted by molar-refractivity contribution is 7.09. The van der Waals surface area contributed by atoms with Crippen molar-refractivity contribution in [2.45, 2.75) is 59.9 Å². The molecule has 2 aromatic rings. The van der Waals surface area contributed by atoms with Crippen LogP contribution in [0.4, 0.5) is 5.13 Å². The number of benzene rings is 1. The van der Waals surface area contributed by atoms with E-state index in [4.69, 9.17) is 4.98 Å². The predicted molar refractivity (Wildman–Crippen MR) is 113 cm³/mol. The lowest BCUT2D eigenvalue weighted by molar-refractivity contribution is -0.121. The van der Waals surface area contributed by atoms with Crippen molar-refractivity contribution in [1.29, 1.82) is 0 Å². The number of anilines is 1. The maximum absolute atomic E-state index is 12.1. The molecule has 0 radical (unpaired) electrons. The van der Waals surface area contributed by atoms with Gasteiger partial charge in [0, 0.05) is 43.5 Å². The third-order valence-corrected chi connectivity index (χ3v) is 5.24. The van der Waals surface area contributed by atoms with E-state index in [0.29, 0.717) is 18.9 Å². The van der Waals surface area contributed by atoms with Gasteiger partial charge in [-0.15, -0.1) is 0 Å². The van der Waals surface area contributed by atoms with Crippen LogP contribution in [0.15, 0.2) is 24.3 Å². The fourth-order valence-corrected chi connectivity index (χ4v) is 3.44. The summed E-state index contributed by atoms with van der Waals surface area (Å²) in [5.41, 5.74) is 2.47. The summed E-state index contributed by atoms with van der Waals surface area (Å²) in [6.07, 6.45) is 2.16. The monoisotopic (exact) mass is 388 g/mol. The number of aryl methyl sites for hydroxylation is 1. The van der Waals surface area contributed by atoms with Crippen LogP contribution in [0, 0.1) is 12.8 Å². The van der Waals surface area contributed by atoms with Crippen molar-refractivity contribution in [2.24, 2.45) is 5.92 Å². The molecule has 5 nitrogen and oxygen atoms in total. The van der Waals surface area contributed by atoms with E-state index in [1.54, 1.807) is 0 Å². The topological polar surface area (TPSA) is 58.1 Å². The first-order valence-corrected chi connectivity index (χ1v) is 10.6. The Labute approximate surface area is 167 Å². The number of aromatic nitrogens is 2. The maximum Gasteiger partial charge on any atom is 0.221 e. The van der Waals surface area contributed by atoms with E-state index in [-0.39, 0.29) is 11.9 Å². The summed E-state index contributed by atoms with van der Waals surface area (Å²) in [5, 5.41) is 3.94. The van der Waals surface area contributed by atoms with Gasteiger partial charge in [-0.05, 0) is 31.7 Å². The molecule has 1 heterocycles. The van der Waals surface area contributed by atoms with Gasteiger partial charge in [0.1, 0.15) is 5.82 Å². The smallest absolute Gasteiger partial charge is 0.221 e. The van der Waals surface area contributed by atoms with Crippen LogP contribution in [0.25, 0.3) is 0 Å². The molecule has 0 aliphatic heterocycles. The van der Waals surface area contributed by atoms with E-state index in [2.05, 4.69) is 66.6 Å². The molecule has 0 fully saturated rings. The van der Waals surface area contributed by atoms with Gasteiger partial charge in [0.05, 0.1) is 0 Å². The summed E-state index contributed by atoms with van der Waals surface area (Å²) in [7, 11) is 0. The number of hydrogen-bond acceptors (Lipinski definition) is 5. The number of hydrogen-bond donors (Lipinski definition) is 1. The first kappa shape index (κ1) is 21.4. The summed E-state index contributed by atoms with van der Waals surface area (Å²) in [4.78, 5) is 19.1. The van der Waals surface area contributed by atoms with E-state index in [9.17, 15) is 4.79 Å². The maximum atomic E-state index is 12.1. The number of nitrogens with one attached hydrogen (secondary N) is 1. The van der Waals surface area contributed by atoms with Crippen molar-refractivity contribution >= 4 is 22.6 Å². The standard InChI is InChI=1S/C21H32N4OS/c1-6-17(5)22-20(26)11-12-25(14-15(2)3)21-23-19(24-27-21)13-18-9-7-16(4)8-10-18/h7-10,15,17H,6,11-14H2,1-5H3,(H,22,26)/t17-/m1/s1. The molecule has 6 heteroatoms. The molecule has 0 bridgehead atoms. The lowest BCUT2D eigenvalue weighted by Crippen LogP contribution is -2.36. The largest absolute Gasteiger partial charge is 0.354 e. The van der Waals surface area contributed by atoms with E-state index >= 15 is 0 Å². The average molecular weight is 389 g/mol. The summed E-state index contributed by atoms with van der Waals surface area (Å²) in [6.45, 7) is 12.1. The Morgan fingerprint density at radius 2 is 1.93 bits per heavy atom. The normalized spacial score (nSPS) is 12.2. The Kier molecular flexibility index (Phi) is 8.23. The van der Waals surface area contributed by atoms with Crippen LogP contribution < -0.4 is 10.2 Å². The highest BCUT2D eigenvalue weighted by atomic mass is 32.1. The highest BCUT2D eigenvalue weighted by Gasteiger charge is 2.16. The minimum atomic E-state index is 0.0995. The van der Waals surface area contributed by atoms with Crippen molar-refractivity contribution in [3.63, 3.8) is 0 Å². The average Bonchev–Trinajstić information content (AvgIpc) is 3.08. The zero-order chi connectivity index (χ0) is 19.8. The molecular weight excluding hydrogens is 356 g/mol. The summed E-state index contributed by atoms with van der Waals surface area (Å²) in [6, 6.07) is 8.70. The van der Waals surface area contributed by atoms with Crippen molar-refractivity contribution in [2.75, 3.05) is 18.0 Å². The lowest BCUT2D eigenvalue weighted by atomic mass is 10.1. The Balaban J connectivity index is 2.00. The van der Waals surface area contributed by atoms with Crippen molar-refractivity contribution in [3.05, 3.63) is 41.2 Å². The molecule has 1 atom stereocenters. The lowest BCUT2D eigenvalue weighted by Gasteiger charge is -2.23. The molecule has 0 aliphatic carbocycles. The van der Waals surface area contributed by atoms with Crippen LogP contribution in [0.5, 0.6) is 0 Å². The van der Waals surface area contributed by atoms with Crippen LogP contribution in [0.3, 0.4) is 0 Å². The molecule has 1 amide bonds. The number of nitrogens with zero attached hydrogens (tertiary/aromatic N) is 3. The van der Waals surface area contributed by atoms with Crippen LogP contribution >= 0.6 is 11.5 Å². The first-order chi connectivity index (χ1) is 12.9. The molecule has 0 spiro atoms. The second-order valence-corrected chi connectivity index (χ2v) is 8.35. The van der Waals surface area contributed by atoms with E-state index in [0.717, 1.165) is 30.3 Å². The van der Waals surface area contributed by atoms with Gasteiger partial charge in [-0.3, -0.25) is 4.79 Å². The first-order valence-electron chi connectivity index (χ1n) is 9.79. The fourth-order valence-electron chi connectivity index (χ4n) is 2.72. The number of rotatable bonds is 10. The predicted octanol–water partition coefficient (Wildman–Crippen LogP) is 4.20. The van der Waals surface area contributed by atoms with Gasteiger partial charge >= 0.3 is 0 Å². The molecule has 0 saturated heterocycles. The Hall–Kier alpha value is -1.95. The molecule has 0 aliphatic rings. The molecule has 2 rings (SSSR count). The Morgan fingerprint density at radius 1 is 1.22 bits per heavy atom. The zero-order valence-electron chi connectivity index (χ0n) is 17.2. The molecule has 1 aromatic carbocycles. The Bertz CT molecular complexity index is 711. The van der Waals surface area contributed by atoms with Gasteiger partial charge in [0.2, 0.25) is 11.0 Å². The molecular formula is C21H32N4OS. The van der Waals surface area contributed by atoms with Crippen LogP contribution in [-0.2, 0) is 11.2 Å². The molecule has 1 aromatic heterocycles. The van der Waals surface area contributed by atoms with Crippen molar-refractivity contribution in [3.8, 4) is 0 Å². The molecule has 148 valence electrons. The third kappa shape index (κ3) is 7.29. The van der Waals surface area contributed by atoms with Crippen LogP contribution in [0.2, 0.25) is 0 Å². The third-order valence-electron chi connectivity index (χ3n) is 4.42. The molecule has 0 unspecified atom stereocenters. The number of carbonyl (C=O) groups is 1. The molecule has 0 saturated carbocycles. The van der Waals surface area contributed by atoms with Gasteiger partial charge < -0.3 is 10.2 Å². The fraction of sp³-hybridized carbons (Fsp3) is 0.571. The Morgan fingerprint density at radius 3 is 2.56 bits per heavy atom. The summed E-state index contributed by atoms with van der Waals surface area (Å²) < 4.78 is 4.54. The highest BCUT2D eigenvalue weighted by Crippen LogP contribution is 2.20. The van der Waals surface area contributed by atoms with E-state index < -0.39 is 0 Å². The van der Waals surface area contributed by atoms with Crippen molar-refractivity contribution < 1.29 is 4.79 Å².